The van der Waals surface area contributed by atoms with Gasteiger partial charge in [-0.1, -0.05) is 34.7 Å². The minimum Gasteiger partial charge on any atom is -0.325 e. The molecule has 5 nitrogen and oxygen atoms in total. The SMILES string of the molecule is O=C(CI)Nc1ccc(CN2C(=O)CCC2=O)cc1. The number of halogens is 1. The molecule has 1 heterocycles. The van der Waals surface area contributed by atoms with Crippen LogP contribution in [0.15, 0.2) is 24.3 Å². The van der Waals surface area contributed by atoms with E-state index in [1.54, 1.807) is 12.1 Å². The Morgan fingerprint density at radius 2 is 1.74 bits per heavy atom. The number of hydrogen-bond acceptors (Lipinski definition) is 3. The average molecular weight is 372 g/mol. The smallest absolute Gasteiger partial charge is 0.234 e. The number of nitrogens with one attached hydrogen (secondary N) is 1. The molecule has 0 saturated carbocycles. The van der Waals surface area contributed by atoms with Crippen LogP contribution in [0.1, 0.15) is 18.4 Å². The molecule has 0 aliphatic carbocycles. The number of rotatable bonds is 4. The van der Waals surface area contributed by atoms with Crippen molar-refractivity contribution in [3.05, 3.63) is 29.8 Å². The van der Waals surface area contributed by atoms with Crippen LogP contribution in [0.4, 0.5) is 5.69 Å². The molecule has 19 heavy (non-hydrogen) atoms. The highest BCUT2D eigenvalue weighted by molar-refractivity contribution is 14.1. The fourth-order valence-electron chi connectivity index (χ4n) is 1.87. The summed E-state index contributed by atoms with van der Waals surface area (Å²) < 4.78 is 0.399. The van der Waals surface area contributed by atoms with Crippen molar-refractivity contribution in [2.45, 2.75) is 19.4 Å². The molecule has 1 N–H and O–H groups in total. The van der Waals surface area contributed by atoms with Gasteiger partial charge >= 0.3 is 0 Å². The van der Waals surface area contributed by atoms with Crippen LogP contribution in [0.5, 0.6) is 0 Å². The van der Waals surface area contributed by atoms with Gasteiger partial charge in [-0.05, 0) is 17.7 Å². The van der Waals surface area contributed by atoms with Gasteiger partial charge in [0.15, 0.2) is 0 Å². The molecule has 0 atom stereocenters. The maximum atomic E-state index is 11.5. The number of anilines is 1. The van der Waals surface area contributed by atoms with Crippen LogP contribution in [0.2, 0.25) is 0 Å². The lowest BCUT2D eigenvalue weighted by atomic mass is 10.2. The number of hydrogen-bond donors (Lipinski definition) is 1. The molecule has 1 aliphatic heterocycles. The molecule has 0 aromatic heterocycles. The Bertz CT molecular complexity index is 497. The number of alkyl halides is 1. The van der Waals surface area contributed by atoms with Crippen molar-refractivity contribution in [1.82, 2.24) is 4.90 Å². The summed E-state index contributed by atoms with van der Waals surface area (Å²) in [6, 6.07) is 7.15. The van der Waals surface area contributed by atoms with Gasteiger partial charge in [0, 0.05) is 18.5 Å². The monoisotopic (exact) mass is 372 g/mol. The molecule has 3 amide bonds. The van der Waals surface area contributed by atoms with Crippen molar-refractivity contribution in [1.29, 1.82) is 0 Å². The highest BCUT2D eigenvalue weighted by atomic mass is 127. The molecule has 1 aliphatic rings. The van der Waals surface area contributed by atoms with E-state index in [1.807, 2.05) is 34.7 Å². The maximum absolute atomic E-state index is 11.5. The van der Waals surface area contributed by atoms with E-state index in [2.05, 4.69) is 5.32 Å². The zero-order valence-electron chi connectivity index (χ0n) is 10.2. The fourth-order valence-corrected chi connectivity index (χ4v) is 2.06. The molecule has 0 unspecified atom stereocenters. The summed E-state index contributed by atoms with van der Waals surface area (Å²) in [6.07, 6.45) is 0.616. The van der Waals surface area contributed by atoms with Gasteiger partial charge in [-0.2, -0.15) is 0 Å². The van der Waals surface area contributed by atoms with E-state index in [0.717, 1.165) is 5.56 Å². The minimum atomic E-state index is -0.118. The van der Waals surface area contributed by atoms with E-state index in [0.29, 0.717) is 29.5 Å². The zero-order valence-corrected chi connectivity index (χ0v) is 12.3. The van der Waals surface area contributed by atoms with Crippen molar-refractivity contribution in [2.75, 3.05) is 9.74 Å². The van der Waals surface area contributed by atoms with Gasteiger partial charge in [0.05, 0.1) is 11.0 Å². The predicted molar refractivity (Wildman–Crippen MR) is 78.7 cm³/mol. The van der Waals surface area contributed by atoms with Crippen molar-refractivity contribution < 1.29 is 14.4 Å². The first-order valence-corrected chi connectivity index (χ1v) is 7.40. The molecule has 2 rings (SSSR count). The molecule has 1 fully saturated rings. The summed E-state index contributed by atoms with van der Waals surface area (Å²) in [6.45, 7) is 0.304. The number of benzene rings is 1. The standard InChI is InChI=1S/C13H13IN2O3/c14-7-11(17)15-10-3-1-9(2-4-10)8-16-12(18)5-6-13(16)19/h1-4H,5-8H2,(H,15,17). The molecular formula is C13H13IN2O3. The lowest BCUT2D eigenvalue weighted by molar-refractivity contribution is -0.139. The molecule has 1 aromatic rings. The van der Waals surface area contributed by atoms with E-state index in [4.69, 9.17) is 0 Å². The highest BCUT2D eigenvalue weighted by Crippen LogP contribution is 2.17. The van der Waals surface area contributed by atoms with Gasteiger partial charge in [0.2, 0.25) is 17.7 Å². The molecule has 0 spiro atoms. The second-order valence-corrected chi connectivity index (χ2v) is 5.02. The molecule has 1 saturated heterocycles. The van der Waals surface area contributed by atoms with E-state index >= 15 is 0 Å². The van der Waals surface area contributed by atoms with Crippen LogP contribution in [0, 0.1) is 0 Å². The number of imide groups is 1. The van der Waals surface area contributed by atoms with Crippen LogP contribution < -0.4 is 5.32 Å². The average Bonchev–Trinajstić information content (AvgIpc) is 2.72. The van der Waals surface area contributed by atoms with Gasteiger partial charge < -0.3 is 5.32 Å². The Balaban J connectivity index is 2.00. The first-order chi connectivity index (χ1) is 9.10. The second kappa shape index (κ2) is 6.14. The summed E-state index contributed by atoms with van der Waals surface area (Å²) in [5, 5.41) is 2.74. The topological polar surface area (TPSA) is 66.5 Å². The van der Waals surface area contributed by atoms with Crippen LogP contribution in [-0.2, 0) is 20.9 Å². The lowest BCUT2D eigenvalue weighted by Gasteiger charge is -2.14. The van der Waals surface area contributed by atoms with Crippen LogP contribution in [0.3, 0.4) is 0 Å². The Morgan fingerprint density at radius 1 is 1.16 bits per heavy atom. The molecule has 0 bridgehead atoms. The van der Waals surface area contributed by atoms with Gasteiger partial charge in [0.1, 0.15) is 0 Å². The Hall–Kier alpha value is -1.44. The quantitative estimate of drug-likeness (QED) is 0.497. The molecule has 6 heteroatoms. The van der Waals surface area contributed by atoms with Crippen molar-refractivity contribution in [3.8, 4) is 0 Å². The Morgan fingerprint density at radius 3 is 2.26 bits per heavy atom. The molecule has 100 valence electrons. The molecule has 0 radical (unpaired) electrons. The van der Waals surface area contributed by atoms with Crippen LogP contribution in [-0.4, -0.2) is 27.0 Å². The van der Waals surface area contributed by atoms with Crippen LogP contribution >= 0.6 is 22.6 Å². The third-order valence-corrected chi connectivity index (χ3v) is 3.55. The van der Waals surface area contributed by atoms with Crippen molar-refractivity contribution in [2.24, 2.45) is 0 Å². The minimum absolute atomic E-state index is 0.0572. The van der Waals surface area contributed by atoms with Gasteiger partial charge in [-0.25, -0.2) is 0 Å². The Labute approximate surface area is 124 Å². The molecular weight excluding hydrogens is 359 g/mol. The van der Waals surface area contributed by atoms with Crippen molar-refractivity contribution >= 4 is 46.0 Å². The van der Waals surface area contributed by atoms with E-state index in [1.165, 1.54) is 4.90 Å². The summed E-state index contributed by atoms with van der Waals surface area (Å²) in [5.74, 6) is -0.294. The van der Waals surface area contributed by atoms with Crippen LogP contribution in [0.25, 0.3) is 0 Å². The van der Waals surface area contributed by atoms with Gasteiger partial charge in [0.25, 0.3) is 0 Å². The van der Waals surface area contributed by atoms with Crippen molar-refractivity contribution in [3.63, 3.8) is 0 Å². The number of amides is 3. The number of likely N-dealkylation sites (tertiary alicyclic amines) is 1. The summed E-state index contributed by atoms with van der Waals surface area (Å²) in [4.78, 5) is 35.5. The summed E-state index contributed by atoms with van der Waals surface area (Å²) in [5.41, 5.74) is 1.58. The summed E-state index contributed by atoms with van der Waals surface area (Å²) in [7, 11) is 0. The predicted octanol–water partition coefficient (Wildman–Crippen LogP) is 1.71. The zero-order chi connectivity index (χ0) is 13.8. The Kier molecular flexibility index (Phi) is 4.52. The van der Waals surface area contributed by atoms with Gasteiger partial charge in [-0.3, -0.25) is 19.3 Å². The highest BCUT2D eigenvalue weighted by Gasteiger charge is 2.28. The van der Waals surface area contributed by atoms with E-state index < -0.39 is 0 Å². The normalized spacial score (nSPS) is 14.9. The second-order valence-electron chi connectivity index (χ2n) is 4.25. The third-order valence-electron chi connectivity index (χ3n) is 2.85. The van der Waals surface area contributed by atoms with Gasteiger partial charge in [-0.15, -0.1) is 0 Å². The third kappa shape index (κ3) is 3.52. The first-order valence-electron chi connectivity index (χ1n) is 5.88. The number of carbonyl (C=O) groups excluding carboxylic acids is 3. The molecule has 1 aromatic carbocycles. The maximum Gasteiger partial charge on any atom is 0.234 e. The summed E-state index contributed by atoms with van der Waals surface area (Å²) >= 11 is 1.99. The first kappa shape index (κ1) is 14.0. The largest absolute Gasteiger partial charge is 0.325 e. The van der Waals surface area contributed by atoms with E-state index in [-0.39, 0.29) is 17.7 Å². The fraction of sp³-hybridized carbons (Fsp3) is 0.308. The lowest BCUT2D eigenvalue weighted by Crippen LogP contribution is -2.28. The van der Waals surface area contributed by atoms with E-state index in [9.17, 15) is 14.4 Å². The number of carbonyl (C=O) groups is 3. The number of nitrogens with zero attached hydrogens (tertiary/aromatic N) is 1.